The summed E-state index contributed by atoms with van der Waals surface area (Å²) in [5, 5.41) is 9.58. The molecule has 0 fully saturated rings. The number of halogens is 1. The van der Waals surface area contributed by atoms with Gasteiger partial charge in [0, 0.05) is 5.33 Å². The van der Waals surface area contributed by atoms with Gasteiger partial charge in [0.05, 0.1) is 13.0 Å². The lowest BCUT2D eigenvalue weighted by atomic mass is 10.0. The topological polar surface area (TPSA) is 46.5 Å². The molecule has 0 amide bonds. The van der Waals surface area contributed by atoms with Gasteiger partial charge >= 0.3 is 5.97 Å². The molecule has 14 heavy (non-hydrogen) atoms. The number of phenolic OH excluding ortho intramolecular Hbond substituents is 1. The molecule has 0 bridgehead atoms. The predicted octanol–water partition coefficient (Wildman–Crippen LogP) is 2.04. The van der Waals surface area contributed by atoms with Gasteiger partial charge in [-0.2, -0.15) is 0 Å². The summed E-state index contributed by atoms with van der Waals surface area (Å²) in [5.41, 5.74) is 0.825. The highest BCUT2D eigenvalue weighted by molar-refractivity contribution is 9.09. The summed E-state index contributed by atoms with van der Waals surface area (Å²) in [6.07, 6.45) is 0. The number of benzene rings is 1. The Morgan fingerprint density at radius 3 is 2.50 bits per heavy atom. The van der Waals surface area contributed by atoms with Gasteiger partial charge < -0.3 is 9.84 Å². The second kappa shape index (κ2) is 5.00. The lowest BCUT2D eigenvalue weighted by Crippen LogP contribution is -2.15. The number of methoxy groups -OCH3 is 1. The first-order valence-corrected chi connectivity index (χ1v) is 5.24. The summed E-state index contributed by atoms with van der Waals surface area (Å²) in [5.74, 6) is -0.417. The minimum absolute atomic E-state index is 0.187. The summed E-state index contributed by atoms with van der Waals surface area (Å²) in [4.78, 5) is 11.3. The van der Waals surface area contributed by atoms with E-state index in [-0.39, 0.29) is 17.6 Å². The summed E-state index contributed by atoms with van der Waals surface area (Å²) in [6.45, 7) is 0. The Kier molecular flexibility index (Phi) is 3.95. The highest BCUT2D eigenvalue weighted by Crippen LogP contribution is 2.21. The summed E-state index contributed by atoms with van der Waals surface area (Å²) >= 11 is 3.25. The molecule has 76 valence electrons. The fourth-order valence-electron chi connectivity index (χ4n) is 1.14. The largest absolute Gasteiger partial charge is 0.508 e. The maximum atomic E-state index is 11.3. The van der Waals surface area contributed by atoms with E-state index >= 15 is 0 Å². The van der Waals surface area contributed by atoms with Gasteiger partial charge in [0.2, 0.25) is 0 Å². The SMILES string of the molecule is COC(=O)C(CBr)c1ccc(O)cc1. The Hall–Kier alpha value is -1.03. The van der Waals surface area contributed by atoms with Gasteiger partial charge in [-0.25, -0.2) is 0 Å². The molecule has 4 heteroatoms. The molecule has 0 aliphatic rings. The molecule has 1 aromatic carbocycles. The highest BCUT2D eigenvalue weighted by atomic mass is 79.9. The Morgan fingerprint density at radius 2 is 2.07 bits per heavy atom. The number of rotatable bonds is 3. The van der Waals surface area contributed by atoms with Gasteiger partial charge in [0.15, 0.2) is 0 Å². The van der Waals surface area contributed by atoms with Crippen LogP contribution < -0.4 is 0 Å². The molecule has 1 N–H and O–H groups in total. The first kappa shape index (κ1) is 11.0. The van der Waals surface area contributed by atoms with Crippen LogP contribution in [0.4, 0.5) is 0 Å². The van der Waals surface area contributed by atoms with Crippen LogP contribution in [-0.4, -0.2) is 23.5 Å². The quantitative estimate of drug-likeness (QED) is 0.667. The van der Waals surface area contributed by atoms with Crippen LogP contribution in [0, 0.1) is 0 Å². The second-order valence-corrected chi connectivity index (χ2v) is 3.47. The molecule has 0 aromatic heterocycles. The molecule has 0 spiro atoms. The fourth-order valence-corrected chi connectivity index (χ4v) is 1.78. The zero-order chi connectivity index (χ0) is 10.6. The van der Waals surface area contributed by atoms with Gasteiger partial charge in [-0.1, -0.05) is 28.1 Å². The van der Waals surface area contributed by atoms with E-state index in [4.69, 9.17) is 5.11 Å². The fraction of sp³-hybridized carbons (Fsp3) is 0.300. The van der Waals surface area contributed by atoms with E-state index in [1.54, 1.807) is 24.3 Å². The van der Waals surface area contributed by atoms with E-state index in [2.05, 4.69) is 20.7 Å². The van der Waals surface area contributed by atoms with Crippen LogP contribution in [0.1, 0.15) is 11.5 Å². The third kappa shape index (κ3) is 2.48. The van der Waals surface area contributed by atoms with E-state index in [1.807, 2.05) is 0 Å². The predicted molar refractivity (Wildman–Crippen MR) is 56.7 cm³/mol. The first-order chi connectivity index (χ1) is 6.69. The van der Waals surface area contributed by atoms with Crippen molar-refractivity contribution in [3.05, 3.63) is 29.8 Å². The smallest absolute Gasteiger partial charge is 0.313 e. The van der Waals surface area contributed by atoms with Crippen molar-refractivity contribution in [1.82, 2.24) is 0 Å². The Morgan fingerprint density at radius 1 is 1.50 bits per heavy atom. The van der Waals surface area contributed by atoms with Crippen molar-refractivity contribution in [2.24, 2.45) is 0 Å². The third-order valence-electron chi connectivity index (χ3n) is 1.94. The van der Waals surface area contributed by atoms with Crippen molar-refractivity contribution in [2.45, 2.75) is 5.92 Å². The van der Waals surface area contributed by atoms with Crippen LogP contribution in [0.15, 0.2) is 24.3 Å². The molecule has 0 aliphatic carbocycles. The molecule has 1 rings (SSSR count). The minimum atomic E-state index is -0.319. The van der Waals surface area contributed by atoms with Crippen molar-refractivity contribution in [2.75, 3.05) is 12.4 Å². The molecule has 3 nitrogen and oxygen atoms in total. The number of hydrogen-bond acceptors (Lipinski definition) is 3. The van der Waals surface area contributed by atoms with Crippen LogP contribution in [0.25, 0.3) is 0 Å². The molecule has 0 heterocycles. The lowest BCUT2D eigenvalue weighted by molar-refractivity contribution is -0.141. The van der Waals surface area contributed by atoms with Gasteiger partial charge in [0.25, 0.3) is 0 Å². The minimum Gasteiger partial charge on any atom is -0.508 e. The number of esters is 1. The number of carbonyl (C=O) groups is 1. The van der Waals surface area contributed by atoms with Crippen molar-refractivity contribution in [1.29, 1.82) is 0 Å². The van der Waals surface area contributed by atoms with Crippen LogP contribution in [0.3, 0.4) is 0 Å². The molecule has 0 saturated heterocycles. The van der Waals surface area contributed by atoms with Crippen molar-refractivity contribution >= 4 is 21.9 Å². The van der Waals surface area contributed by atoms with Crippen LogP contribution in [0.2, 0.25) is 0 Å². The van der Waals surface area contributed by atoms with Crippen molar-refractivity contribution < 1.29 is 14.6 Å². The van der Waals surface area contributed by atoms with E-state index in [0.29, 0.717) is 5.33 Å². The van der Waals surface area contributed by atoms with Crippen molar-refractivity contribution in [3.8, 4) is 5.75 Å². The lowest BCUT2D eigenvalue weighted by Gasteiger charge is -2.11. The van der Waals surface area contributed by atoms with Crippen LogP contribution in [-0.2, 0) is 9.53 Å². The zero-order valence-electron chi connectivity index (χ0n) is 7.74. The van der Waals surface area contributed by atoms with Gasteiger partial charge in [-0.05, 0) is 17.7 Å². The maximum Gasteiger partial charge on any atom is 0.313 e. The Balaban J connectivity index is 2.89. The molecule has 1 unspecified atom stereocenters. The number of carbonyl (C=O) groups excluding carboxylic acids is 1. The first-order valence-electron chi connectivity index (χ1n) is 4.11. The van der Waals surface area contributed by atoms with E-state index < -0.39 is 0 Å². The monoisotopic (exact) mass is 258 g/mol. The van der Waals surface area contributed by atoms with E-state index in [1.165, 1.54) is 7.11 Å². The highest BCUT2D eigenvalue weighted by Gasteiger charge is 2.19. The summed E-state index contributed by atoms with van der Waals surface area (Å²) in [6, 6.07) is 6.51. The number of ether oxygens (including phenoxy) is 1. The number of hydrogen-bond donors (Lipinski definition) is 1. The number of alkyl halides is 1. The van der Waals surface area contributed by atoms with E-state index in [9.17, 15) is 4.79 Å². The van der Waals surface area contributed by atoms with Gasteiger partial charge in [-0.3, -0.25) is 4.79 Å². The van der Waals surface area contributed by atoms with Crippen molar-refractivity contribution in [3.63, 3.8) is 0 Å². The van der Waals surface area contributed by atoms with Crippen LogP contribution >= 0.6 is 15.9 Å². The van der Waals surface area contributed by atoms with Crippen LogP contribution in [0.5, 0.6) is 5.75 Å². The molecule has 0 aliphatic heterocycles. The molecule has 0 radical (unpaired) electrons. The Bertz CT molecular complexity index is 308. The summed E-state index contributed by atoms with van der Waals surface area (Å²) < 4.78 is 4.66. The number of phenols is 1. The average Bonchev–Trinajstić information content (AvgIpc) is 2.21. The molecule has 0 saturated carbocycles. The summed E-state index contributed by atoms with van der Waals surface area (Å²) in [7, 11) is 1.36. The van der Waals surface area contributed by atoms with Gasteiger partial charge in [0.1, 0.15) is 5.75 Å². The number of aromatic hydroxyl groups is 1. The average molecular weight is 259 g/mol. The third-order valence-corrected chi connectivity index (χ3v) is 2.58. The zero-order valence-corrected chi connectivity index (χ0v) is 9.32. The molecular weight excluding hydrogens is 248 g/mol. The standard InChI is InChI=1S/C10H11BrO3/c1-14-10(13)9(6-11)7-2-4-8(12)5-3-7/h2-5,9,12H,6H2,1H3. The van der Waals surface area contributed by atoms with Gasteiger partial charge in [-0.15, -0.1) is 0 Å². The second-order valence-electron chi connectivity index (χ2n) is 2.82. The molecule has 1 aromatic rings. The molecule has 1 atom stereocenters. The Labute approximate surface area is 90.8 Å². The van der Waals surface area contributed by atoms with E-state index in [0.717, 1.165) is 5.56 Å². The normalized spacial score (nSPS) is 12.1. The molecular formula is C10H11BrO3. The maximum absolute atomic E-state index is 11.3.